The first-order valence-electron chi connectivity index (χ1n) is 3.71. The summed E-state index contributed by atoms with van der Waals surface area (Å²) in [6.45, 7) is 0. The van der Waals surface area contributed by atoms with Gasteiger partial charge in [-0.2, -0.15) is 0 Å². The second-order valence-corrected chi connectivity index (χ2v) is 2.61. The van der Waals surface area contributed by atoms with Crippen LogP contribution in [0.5, 0.6) is 0 Å². The average Bonchev–Trinajstić information content (AvgIpc) is 2.05. The Morgan fingerprint density at radius 3 is 3.10 bits per heavy atom. The molecule has 0 bridgehead atoms. The Morgan fingerprint density at radius 2 is 2.20 bits per heavy atom. The van der Waals surface area contributed by atoms with Gasteiger partial charge in [-0.05, 0) is 19.3 Å². The maximum Gasteiger partial charge on any atom is 0.125 e. The summed E-state index contributed by atoms with van der Waals surface area (Å²) in [4.78, 5) is 0. The average molecular weight is 136 g/mol. The first kappa shape index (κ1) is 5.83. The summed E-state index contributed by atoms with van der Waals surface area (Å²) in [7, 11) is 0. The molecule has 0 atom stereocenters. The van der Waals surface area contributed by atoms with Crippen LogP contribution in [0, 0.1) is 0 Å². The lowest BCUT2D eigenvalue weighted by Gasteiger charge is -2.20. The van der Waals surface area contributed by atoms with E-state index in [1.54, 1.807) is 12.5 Å². The van der Waals surface area contributed by atoms with Crippen LogP contribution in [-0.2, 0) is 4.74 Å². The molecule has 0 N–H and O–H groups in total. The monoisotopic (exact) mass is 136 g/mol. The summed E-state index contributed by atoms with van der Waals surface area (Å²) in [6, 6.07) is 0. The minimum Gasteiger partial charge on any atom is -0.466 e. The van der Waals surface area contributed by atoms with Crippen LogP contribution in [0.4, 0.5) is 0 Å². The molecule has 1 heterocycles. The smallest absolute Gasteiger partial charge is 0.125 e. The minimum absolute atomic E-state index is 1.07. The van der Waals surface area contributed by atoms with Crippen LogP contribution in [-0.4, -0.2) is 0 Å². The van der Waals surface area contributed by atoms with Crippen molar-refractivity contribution in [2.75, 3.05) is 0 Å². The fourth-order valence-electron chi connectivity index (χ4n) is 1.36. The Bertz CT molecular complexity index is 173. The zero-order valence-corrected chi connectivity index (χ0v) is 5.84. The first-order chi connectivity index (χ1) is 4.97. The van der Waals surface area contributed by atoms with Crippen molar-refractivity contribution in [1.82, 2.24) is 5.32 Å². The second-order valence-electron chi connectivity index (χ2n) is 2.61. The predicted molar refractivity (Wildman–Crippen MR) is 37.9 cm³/mol. The van der Waals surface area contributed by atoms with Gasteiger partial charge in [-0.15, -0.1) is 0 Å². The highest BCUT2D eigenvalue weighted by atomic mass is 16.5. The Morgan fingerprint density at radius 1 is 1.30 bits per heavy atom. The van der Waals surface area contributed by atoms with Gasteiger partial charge in [-0.25, -0.2) is 0 Å². The maximum absolute atomic E-state index is 5.29. The molecule has 1 radical (unpaired) electrons. The van der Waals surface area contributed by atoms with E-state index in [-0.39, 0.29) is 0 Å². The maximum atomic E-state index is 5.29. The van der Waals surface area contributed by atoms with Crippen molar-refractivity contribution in [1.29, 1.82) is 0 Å². The van der Waals surface area contributed by atoms with E-state index >= 15 is 0 Å². The minimum atomic E-state index is 1.07. The molecule has 1 aliphatic heterocycles. The number of allylic oxidation sites excluding steroid dienone is 2. The zero-order valence-electron chi connectivity index (χ0n) is 5.84. The predicted octanol–water partition coefficient (Wildman–Crippen LogP) is 1.88. The van der Waals surface area contributed by atoms with E-state index in [2.05, 4.69) is 5.32 Å². The van der Waals surface area contributed by atoms with Crippen LogP contribution in [0.25, 0.3) is 0 Å². The third kappa shape index (κ3) is 0.897. The van der Waals surface area contributed by atoms with Crippen molar-refractivity contribution >= 4 is 0 Å². The second kappa shape index (κ2) is 2.37. The highest BCUT2D eigenvalue weighted by molar-refractivity contribution is 5.15. The highest BCUT2D eigenvalue weighted by Crippen LogP contribution is 2.26. The lowest BCUT2D eigenvalue weighted by Crippen LogP contribution is -2.11. The molecule has 0 fully saturated rings. The first-order valence-corrected chi connectivity index (χ1v) is 3.71. The van der Waals surface area contributed by atoms with Crippen molar-refractivity contribution in [3.63, 3.8) is 0 Å². The summed E-state index contributed by atoms with van der Waals surface area (Å²) >= 11 is 0. The molecule has 0 aromatic carbocycles. The van der Waals surface area contributed by atoms with Crippen molar-refractivity contribution in [3.05, 3.63) is 23.9 Å². The van der Waals surface area contributed by atoms with Gasteiger partial charge in [0.2, 0.25) is 0 Å². The van der Waals surface area contributed by atoms with Crippen LogP contribution in [0.2, 0.25) is 0 Å². The number of hydrogen-bond acceptors (Lipinski definition) is 1. The standard InChI is InChI=1S/C8H10NO/c1-2-4-8-7(3-1)9-5-6-10-8/h5-6H,1-4H2. The molecule has 2 heteroatoms. The highest BCUT2D eigenvalue weighted by Gasteiger charge is 2.15. The van der Waals surface area contributed by atoms with Gasteiger partial charge in [-0.3, -0.25) is 5.32 Å². The van der Waals surface area contributed by atoms with E-state index < -0.39 is 0 Å². The normalized spacial score (nSPS) is 23.2. The molecule has 0 aromatic rings. The van der Waals surface area contributed by atoms with E-state index in [0.717, 1.165) is 24.3 Å². The number of rotatable bonds is 0. The van der Waals surface area contributed by atoms with Crippen LogP contribution >= 0.6 is 0 Å². The molecule has 0 saturated carbocycles. The number of ether oxygens (including phenoxy) is 1. The molecule has 2 rings (SSSR count). The summed E-state index contributed by atoms with van der Waals surface area (Å²) in [5, 5.41) is 4.23. The molecule has 0 amide bonds. The molecule has 2 aliphatic rings. The fourth-order valence-corrected chi connectivity index (χ4v) is 1.36. The molecule has 0 spiro atoms. The topological polar surface area (TPSA) is 23.3 Å². The van der Waals surface area contributed by atoms with E-state index in [4.69, 9.17) is 4.74 Å². The van der Waals surface area contributed by atoms with Crippen LogP contribution in [0.15, 0.2) is 23.9 Å². The van der Waals surface area contributed by atoms with Gasteiger partial charge in [0.15, 0.2) is 0 Å². The van der Waals surface area contributed by atoms with Gasteiger partial charge in [0, 0.05) is 6.42 Å². The molecule has 0 saturated heterocycles. The Kier molecular flexibility index (Phi) is 1.38. The lowest BCUT2D eigenvalue weighted by atomic mass is 10.0. The Balaban J connectivity index is 2.17. The van der Waals surface area contributed by atoms with E-state index in [9.17, 15) is 0 Å². The van der Waals surface area contributed by atoms with Gasteiger partial charge < -0.3 is 4.74 Å². The summed E-state index contributed by atoms with van der Waals surface area (Å²) in [5.41, 5.74) is 1.16. The van der Waals surface area contributed by atoms with E-state index in [1.807, 2.05) is 0 Å². The van der Waals surface area contributed by atoms with E-state index in [1.165, 1.54) is 12.8 Å². The zero-order chi connectivity index (χ0) is 6.81. The largest absolute Gasteiger partial charge is 0.466 e. The van der Waals surface area contributed by atoms with Crippen molar-refractivity contribution in [2.45, 2.75) is 25.7 Å². The van der Waals surface area contributed by atoms with Crippen LogP contribution < -0.4 is 5.32 Å². The van der Waals surface area contributed by atoms with Gasteiger partial charge in [0.25, 0.3) is 0 Å². The molecular weight excluding hydrogens is 126 g/mol. The molecule has 2 nitrogen and oxygen atoms in total. The Labute approximate surface area is 60.6 Å². The van der Waals surface area contributed by atoms with Gasteiger partial charge in [0.1, 0.15) is 12.0 Å². The summed E-state index contributed by atoms with van der Waals surface area (Å²) in [5.74, 6) is 1.09. The molecule has 53 valence electrons. The summed E-state index contributed by atoms with van der Waals surface area (Å²) in [6.07, 6.45) is 8.07. The lowest BCUT2D eigenvalue weighted by molar-refractivity contribution is 0.294. The molecular formula is C8H10NO. The fraction of sp³-hybridized carbons (Fsp3) is 0.500. The van der Waals surface area contributed by atoms with Gasteiger partial charge >= 0.3 is 0 Å². The summed E-state index contributed by atoms with van der Waals surface area (Å²) < 4.78 is 5.29. The third-order valence-electron chi connectivity index (χ3n) is 1.89. The number of nitrogens with zero attached hydrogens (tertiary/aromatic N) is 1. The quantitative estimate of drug-likeness (QED) is 0.498. The number of hydrogen-bond donors (Lipinski definition) is 0. The van der Waals surface area contributed by atoms with Crippen molar-refractivity contribution in [2.24, 2.45) is 0 Å². The SMILES string of the molecule is C1=COC2=C(CCCC2)[N]1. The third-order valence-corrected chi connectivity index (χ3v) is 1.89. The van der Waals surface area contributed by atoms with Crippen molar-refractivity contribution < 1.29 is 4.74 Å². The van der Waals surface area contributed by atoms with Gasteiger partial charge in [0.05, 0.1) is 11.9 Å². The molecule has 0 unspecified atom stereocenters. The molecule has 10 heavy (non-hydrogen) atoms. The van der Waals surface area contributed by atoms with Crippen LogP contribution in [0.3, 0.4) is 0 Å². The Hall–Kier alpha value is -0.920. The van der Waals surface area contributed by atoms with Crippen LogP contribution in [0.1, 0.15) is 25.7 Å². The molecule has 0 aromatic heterocycles. The molecule has 1 aliphatic carbocycles. The van der Waals surface area contributed by atoms with Gasteiger partial charge in [-0.1, -0.05) is 0 Å². The van der Waals surface area contributed by atoms with E-state index in [0.29, 0.717) is 0 Å². The van der Waals surface area contributed by atoms with Crippen molar-refractivity contribution in [3.8, 4) is 0 Å².